The summed E-state index contributed by atoms with van der Waals surface area (Å²) in [7, 11) is -3.46. The summed E-state index contributed by atoms with van der Waals surface area (Å²) in [6.07, 6.45) is 3.35. The third-order valence-corrected chi connectivity index (χ3v) is 3.33. The lowest BCUT2D eigenvalue weighted by Crippen LogP contribution is -2.22. The minimum Gasteiger partial charge on any atom is -0.398 e. The van der Waals surface area contributed by atoms with E-state index in [0.29, 0.717) is 5.69 Å². The second kappa shape index (κ2) is 4.79. The molecule has 0 saturated heterocycles. The zero-order chi connectivity index (χ0) is 13.2. The molecule has 1 aromatic heterocycles. The number of hydrogen-bond acceptors (Lipinski definition) is 5. The lowest BCUT2D eigenvalue weighted by Gasteiger charge is -2.10. The molecular weight excluding hydrogens is 252 g/mol. The molecule has 0 radical (unpaired) electrons. The third kappa shape index (κ3) is 2.88. The lowest BCUT2D eigenvalue weighted by atomic mass is 10.1. The molecule has 0 aliphatic heterocycles. The Morgan fingerprint density at radius 1 is 1.22 bits per heavy atom. The first-order valence-corrected chi connectivity index (χ1v) is 7.05. The zero-order valence-electron chi connectivity index (χ0n) is 9.63. The fraction of sp³-hybridized carbons (Fsp3) is 0.182. The minimum atomic E-state index is -3.46. The predicted octanol–water partition coefficient (Wildman–Crippen LogP) is 0.517. The Labute approximate surface area is 105 Å². The third-order valence-electron chi connectivity index (χ3n) is 2.55. The number of aromatic nitrogens is 1. The number of sulfonamides is 1. The van der Waals surface area contributed by atoms with Crippen molar-refractivity contribution in [2.45, 2.75) is 0 Å². The molecule has 1 heterocycles. The van der Waals surface area contributed by atoms with Crippen LogP contribution in [0.4, 0.5) is 11.4 Å². The Bertz CT molecular complexity index is 670. The highest BCUT2D eigenvalue weighted by Crippen LogP contribution is 2.27. The molecule has 96 valence electrons. The number of anilines is 2. The number of primary sulfonamides is 1. The van der Waals surface area contributed by atoms with Crippen molar-refractivity contribution in [2.24, 2.45) is 5.14 Å². The molecule has 0 atom stereocenters. The topological polar surface area (TPSA) is 111 Å². The Hall–Kier alpha value is -1.86. The molecule has 0 amide bonds. The molecular formula is C11H14N4O2S. The minimum absolute atomic E-state index is 0.126. The molecule has 0 aliphatic carbocycles. The first kappa shape index (κ1) is 12.6. The Kier molecular flexibility index (Phi) is 3.35. The average molecular weight is 266 g/mol. The number of pyridine rings is 1. The zero-order valence-corrected chi connectivity index (χ0v) is 10.4. The molecule has 6 nitrogen and oxygen atoms in total. The number of nitrogens with two attached hydrogens (primary N) is 2. The molecule has 0 unspecified atom stereocenters. The van der Waals surface area contributed by atoms with Gasteiger partial charge in [-0.2, -0.15) is 0 Å². The van der Waals surface area contributed by atoms with Crippen molar-refractivity contribution >= 4 is 32.2 Å². The summed E-state index contributed by atoms with van der Waals surface area (Å²) >= 11 is 0. The largest absolute Gasteiger partial charge is 0.398 e. The van der Waals surface area contributed by atoms with Crippen LogP contribution < -0.4 is 16.2 Å². The molecule has 2 rings (SSSR count). The molecule has 0 aliphatic rings. The second-order valence-corrected chi connectivity index (χ2v) is 5.65. The van der Waals surface area contributed by atoms with E-state index in [1.807, 2.05) is 6.07 Å². The number of benzene rings is 1. The Morgan fingerprint density at radius 3 is 2.72 bits per heavy atom. The summed E-state index contributed by atoms with van der Waals surface area (Å²) in [5.41, 5.74) is 7.30. The quantitative estimate of drug-likeness (QED) is 0.698. The molecule has 0 saturated carbocycles. The van der Waals surface area contributed by atoms with Crippen LogP contribution in [-0.2, 0) is 10.0 Å². The molecule has 0 spiro atoms. The van der Waals surface area contributed by atoms with Gasteiger partial charge in [0, 0.05) is 41.1 Å². The van der Waals surface area contributed by atoms with Crippen molar-refractivity contribution in [2.75, 3.05) is 23.3 Å². The molecule has 18 heavy (non-hydrogen) atoms. The highest BCUT2D eigenvalue weighted by Gasteiger charge is 2.05. The molecule has 5 N–H and O–H groups in total. The highest BCUT2D eigenvalue weighted by molar-refractivity contribution is 7.89. The van der Waals surface area contributed by atoms with E-state index >= 15 is 0 Å². The lowest BCUT2D eigenvalue weighted by molar-refractivity contribution is 0.598. The van der Waals surface area contributed by atoms with Gasteiger partial charge in [-0.3, -0.25) is 4.98 Å². The summed E-state index contributed by atoms with van der Waals surface area (Å²) in [5, 5.41) is 9.69. The number of hydrogen-bond donors (Lipinski definition) is 3. The van der Waals surface area contributed by atoms with Crippen LogP contribution in [0.2, 0.25) is 0 Å². The van der Waals surface area contributed by atoms with Crippen LogP contribution in [0.5, 0.6) is 0 Å². The van der Waals surface area contributed by atoms with Gasteiger partial charge in [-0.05, 0) is 18.2 Å². The van der Waals surface area contributed by atoms with Crippen LogP contribution in [0.3, 0.4) is 0 Å². The van der Waals surface area contributed by atoms with Crippen molar-refractivity contribution < 1.29 is 8.42 Å². The van der Waals surface area contributed by atoms with Gasteiger partial charge in [0.15, 0.2) is 0 Å². The Balaban J connectivity index is 2.26. The van der Waals surface area contributed by atoms with E-state index in [2.05, 4.69) is 10.3 Å². The molecule has 2 aromatic rings. The average Bonchev–Trinajstić information content (AvgIpc) is 2.31. The van der Waals surface area contributed by atoms with Crippen LogP contribution in [-0.4, -0.2) is 25.7 Å². The standard InChI is InChI=1S/C11H14N4O2S/c12-10-1-2-11(15-5-6-18(13,16)17)9-7-14-4-3-8(9)10/h1-4,7,15H,5-6,12H2,(H2,13,16,17). The number of fused-ring (bicyclic) bond motifs is 1. The summed E-state index contributed by atoms with van der Waals surface area (Å²) in [4.78, 5) is 4.03. The number of rotatable bonds is 4. The van der Waals surface area contributed by atoms with Crippen molar-refractivity contribution in [3.63, 3.8) is 0 Å². The van der Waals surface area contributed by atoms with Crippen LogP contribution in [0.25, 0.3) is 10.8 Å². The summed E-state index contributed by atoms with van der Waals surface area (Å²) in [5.74, 6) is -0.126. The molecule has 0 bridgehead atoms. The van der Waals surface area contributed by atoms with Gasteiger partial charge >= 0.3 is 0 Å². The summed E-state index contributed by atoms with van der Waals surface area (Å²) in [6, 6.07) is 5.37. The molecule has 1 aromatic carbocycles. The summed E-state index contributed by atoms with van der Waals surface area (Å²) in [6.45, 7) is 0.243. The molecule has 0 fully saturated rings. The first-order valence-electron chi connectivity index (χ1n) is 5.34. The van der Waals surface area contributed by atoms with E-state index in [9.17, 15) is 8.42 Å². The van der Waals surface area contributed by atoms with Gasteiger partial charge in [-0.25, -0.2) is 13.6 Å². The van der Waals surface area contributed by atoms with Gasteiger partial charge in [0.1, 0.15) is 0 Å². The van der Waals surface area contributed by atoms with E-state index in [1.165, 1.54) is 0 Å². The molecule has 7 heteroatoms. The monoisotopic (exact) mass is 266 g/mol. The number of nitrogens with zero attached hydrogens (tertiary/aromatic N) is 1. The van der Waals surface area contributed by atoms with Gasteiger partial charge in [-0.1, -0.05) is 0 Å². The maximum absolute atomic E-state index is 10.8. The first-order chi connectivity index (χ1) is 8.47. The van der Waals surface area contributed by atoms with E-state index < -0.39 is 10.0 Å². The van der Waals surface area contributed by atoms with Crippen LogP contribution >= 0.6 is 0 Å². The van der Waals surface area contributed by atoms with Crippen LogP contribution in [0, 0.1) is 0 Å². The highest BCUT2D eigenvalue weighted by atomic mass is 32.2. The van der Waals surface area contributed by atoms with Gasteiger partial charge in [-0.15, -0.1) is 0 Å². The van der Waals surface area contributed by atoms with Gasteiger partial charge in [0.25, 0.3) is 0 Å². The smallest absolute Gasteiger partial charge is 0.210 e. The van der Waals surface area contributed by atoms with E-state index in [0.717, 1.165) is 16.5 Å². The number of nitrogens with one attached hydrogen (secondary N) is 1. The Morgan fingerprint density at radius 2 is 2.00 bits per heavy atom. The maximum atomic E-state index is 10.8. The van der Waals surface area contributed by atoms with E-state index in [-0.39, 0.29) is 12.3 Å². The van der Waals surface area contributed by atoms with Crippen molar-refractivity contribution in [1.82, 2.24) is 4.98 Å². The van der Waals surface area contributed by atoms with E-state index in [4.69, 9.17) is 10.9 Å². The summed E-state index contributed by atoms with van der Waals surface area (Å²) < 4.78 is 21.7. The maximum Gasteiger partial charge on any atom is 0.210 e. The fourth-order valence-corrected chi connectivity index (χ4v) is 2.08. The van der Waals surface area contributed by atoms with Crippen LogP contribution in [0.15, 0.2) is 30.6 Å². The van der Waals surface area contributed by atoms with E-state index in [1.54, 1.807) is 24.5 Å². The fourth-order valence-electron chi connectivity index (χ4n) is 1.70. The SMILES string of the molecule is Nc1ccc(NCCS(N)(=O)=O)c2cnccc12. The van der Waals surface area contributed by atoms with Crippen molar-refractivity contribution in [1.29, 1.82) is 0 Å². The number of nitrogen functional groups attached to an aromatic ring is 1. The van der Waals surface area contributed by atoms with Crippen molar-refractivity contribution in [3.8, 4) is 0 Å². The van der Waals surface area contributed by atoms with Crippen LogP contribution in [0.1, 0.15) is 0 Å². The predicted molar refractivity (Wildman–Crippen MR) is 72.6 cm³/mol. The second-order valence-electron chi connectivity index (χ2n) is 3.92. The normalized spacial score (nSPS) is 11.6. The van der Waals surface area contributed by atoms with Crippen molar-refractivity contribution in [3.05, 3.63) is 30.6 Å². The van der Waals surface area contributed by atoms with Gasteiger partial charge < -0.3 is 11.1 Å². The van der Waals surface area contributed by atoms with Gasteiger partial charge in [0.2, 0.25) is 10.0 Å². The van der Waals surface area contributed by atoms with Gasteiger partial charge in [0.05, 0.1) is 5.75 Å².